The van der Waals surface area contributed by atoms with Gasteiger partial charge in [-0.25, -0.2) is 4.68 Å². The molecule has 5 nitrogen and oxygen atoms in total. The van der Waals surface area contributed by atoms with Gasteiger partial charge in [0.2, 0.25) is 0 Å². The van der Waals surface area contributed by atoms with Crippen LogP contribution in [0.2, 0.25) is 0 Å². The maximum Gasteiger partial charge on any atom is 0.257 e. The molecule has 2 heterocycles. The van der Waals surface area contributed by atoms with Gasteiger partial charge in [0.05, 0.1) is 23.1 Å². The number of hydrogen-bond acceptors (Lipinski definition) is 3. The maximum atomic E-state index is 13.1. The van der Waals surface area contributed by atoms with E-state index >= 15 is 0 Å². The Morgan fingerprint density at radius 3 is 2.80 bits per heavy atom. The Balaban J connectivity index is 1.88. The van der Waals surface area contributed by atoms with E-state index < -0.39 is 0 Å². The molecule has 1 aromatic carbocycles. The first kappa shape index (κ1) is 17.7. The van der Waals surface area contributed by atoms with Gasteiger partial charge in [-0.15, -0.1) is 0 Å². The lowest BCUT2D eigenvalue weighted by Gasteiger charge is -2.21. The number of aryl methyl sites for hydroxylation is 1. The summed E-state index contributed by atoms with van der Waals surface area (Å²) in [5, 5.41) is 13.9. The highest BCUT2D eigenvalue weighted by atomic mass is 16.3. The lowest BCUT2D eigenvalue weighted by Crippen LogP contribution is -2.32. The zero-order valence-corrected chi connectivity index (χ0v) is 15.1. The largest absolute Gasteiger partial charge is 0.396 e. The Morgan fingerprint density at radius 2 is 2.08 bits per heavy atom. The second-order valence-electron chi connectivity index (χ2n) is 6.83. The Bertz CT molecular complexity index is 738. The van der Waals surface area contributed by atoms with Crippen LogP contribution in [-0.4, -0.2) is 45.4 Å². The smallest absolute Gasteiger partial charge is 0.257 e. The van der Waals surface area contributed by atoms with Crippen LogP contribution >= 0.6 is 0 Å². The monoisotopic (exact) mass is 341 g/mol. The van der Waals surface area contributed by atoms with E-state index in [-0.39, 0.29) is 12.5 Å². The molecule has 1 atom stereocenters. The second kappa shape index (κ2) is 7.83. The van der Waals surface area contributed by atoms with Crippen molar-refractivity contribution in [2.75, 3.05) is 19.7 Å². The molecule has 0 aliphatic carbocycles. The van der Waals surface area contributed by atoms with Crippen molar-refractivity contribution < 1.29 is 9.90 Å². The standard InChI is InChI=1S/C20H27N3O2/c1-3-18-17(13-21-23(18)19-9-5-4-7-15(19)2)20(25)22-11-6-8-16(14-24)10-12-22/h4-5,7,9,13,16,24H,3,6,8,10-12,14H2,1-2H3. The molecule has 1 fully saturated rings. The van der Waals surface area contributed by atoms with Crippen molar-refractivity contribution in [1.29, 1.82) is 0 Å². The van der Waals surface area contributed by atoms with Gasteiger partial charge in [0.25, 0.3) is 5.91 Å². The number of benzene rings is 1. The number of likely N-dealkylation sites (tertiary alicyclic amines) is 1. The van der Waals surface area contributed by atoms with E-state index in [1.165, 1.54) is 0 Å². The summed E-state index contributed by atoms with van der Waals surface area (Å²) in [5.41, 5.74) is 3.82. The van der Waals surface area contributed by atoms with Gasteiger partial charge in [0.15, 0.2) is 0 Å². The van der Waals surface area contributed by atoms with E-state index in [1.807, 2.05) is 27.8 Å². The third-order valence-electron chi connectivity index (χ3n) is 5.17. The third kappa shape index (κ3) is 3.61. The second-order valence-corrected chi connectivity index (χ2v) is 6.83. The summed E-state index contributed by atoms with van der Waals surface area (Å²) in [7, 11) is 0. The van der Waals surface area contributed by atoms with Crippen molar-refractivity contribution in [2.24, 2.45) is 5.92 Å². The fraction of sp³-hybridized carbons (Fsp3) is 0.500. The van der Waals surface area contributed by atoms with Crippen LogP contribution in [0.4, 0.5) is 0 Å². The SMILES string of the molecule is CCc1c(C(=O)N2CCCC(CO)CC2)cnn1-c1ccccc1C. The van der Waals surface area contributed by atoms with Crippen molar-refractivity contribution in [3.05, 3.63) is 47.3 Å². The average Bonchev–Trinajstić information content (AvgIpc) is 2.90. The van der Waals surface area contributed by atoms with E-state index in [4.69, 9.17) is 0 Å². The molecular weight excluding hydrogens is 314 g/mol. The Hall–Kier alpha value is -2.14. The van der Waals surface area contributed by atoms with Crippen LogP contribution in [0.25, 0.3) is 5.69 Å². The molecule has 2 aromatic rings. The van der Waals surface area contributed by atoms with Crippen LogP contribution < -0.4 is 0 Å². The summed E-state index contributed by atoms with van der Waals surface area (Å²) in [5.74, 6) is 0.383. The van der Waals surface area contributed by atoms with Gasteiger partial charge in [-0.05, 0) is 50.2 Å². The normalized spacial score (nSPS) is 18.2. The molecule has 1 N–H and O–H groups in total. The molecule has 1 amide bonds. The first-order chi connectivity index (χ1) is 12.2. The number of rotatable bonds is 4. The van der Waals surface area contributed by atoms with Crippen LogP contribution in [0, 0.1) is 12.8 Å². The Labute approximate surface area is 149 Å². The minimum Gasteiger partial charge on any atom is -0.396 e. The molecule has 0 bridgehead atoms. The summed E-state index contributed by atoms with van der Waals surface area (Å²) >= 11 is 0. The van der Waals surface area contributed by atoms with Crippen LogP contribution in [0.3, 0.4) is 0 Å². The minimum atomic E-state index is 0.0651. The van der Waals surface area contributed by atoms with Gasteiger partial charge in [0.1, 0.15) is 0 Å². The lowest BCUT2D eigenvalue weighted by molar-refractivity contribution is 0.0756. The molecule has 5 heteroatoms. The van der Waals surface area contributed by atoms with E-state index in [0.29, 0.717) is 18.0 Å². The van der Waals surface area contributed by atoms with Gasteiger partial charge in [0, 0.05) is 19.7 Å². The molecule has 0 spiro atoms. The van der Waals surface area contributed by atoms with E-state index in [0.717, 1.165) is 49.2 Å². The molecule has 3 rings (SSSR count). The number of carbonyl (C=O) groups excluding carboxylic acids is 1. The highest BCUT2D eigenvalue weighted by molar-refractivity contribution is 5.95. The van der Waals surface area contributed by atoms with E-state index in [1.54, 1.807) is 6.20 Å². The minimum absolute atomic E-state index is 0.0651. The number of hydrogen-bond donors (Lipinski definition) is 1. The molecule has 0 saturated carbocycles. The predicted octanol–water partition coefficient (Wildman–Crippen LogP) is 2.98. The number of aliphatic hydroxyl groups excluding tert-OH is 1. The van der Waals surface area contributed by atoms with Gasteiger partial charge in [-0.3, -0.25) is 4.79 Å². The van der Waals surface area contributed by atoms with Crippen molar-refractivity contribution in [3.8, 4) is 5.69 Å². The summed E-state index contributed by atoms with van der Waals surface area (Å²) in [6, 6.07) is 8.10. The van der Waals surface area contributed by atoms with Gasteiger partial charge in [-0.1, -0.05) is 25.1 Å². The Kier molecular flexibility index (Phi) is 5.53. The molecule has 1 aliphatic heterocycles. The molecule has 1 saturated heterocycles. The average molecular weight is 341 g/mol. The summed E-state index contributed by atoms with van der Waals surface area (Å²) in [4.78, 5) is 15.0. The molecule has 1 aliphatic rings. The molecule has 1 unspecified atom stereocenters. The van der Waals surface area contributed by atoms with Crippen molar-refractivity contribution >= 4 is 5.91 Å². The zero-order valence-electron chi connectivity index (χ0n) is 15.1. The van der Waals surface area contributed by atoms with Crippen LogP contribution in [0.1, 0.15) is 47.8 Å². The first-order valence-electron chi connectivity index (χ1n) is 9.18. The highest BCUT2D eigenvalue weighted by Crippen LogP contribution is 2.22. The van der Waals surface area contributed by atoms with Crippen molar-refractivity contribution in [2.45, 2.75) is 39.5 Å². The van der Waals surface area contributed by atoms with E-state index in [9.17, 15) is 9.90 Å². The summed E-state index contributed by atoms with van der Waals surface area (Å²) in [6.07, 6.45) is 5.27. The maximum absolute atomic E-state index is 13.1. The topological polar surface area (TPSA) is 58.4 Å². The number of amides is 1. The zero-order chi connectivity index (χ0) is 17.8. The van der Waals surface area contributed by atoms with Gasteiger partial charge in [-0.2, -0.15) is 5.10 Å². The van der Waals surface area contributed by atoms with Gasteiger partial charge < -0.3 is 10.0 Å². The van der Waals surface area contributed by atoms with Crippen molar-refractivity contribution in [1.82, 2.24) is 14.7 Å². The van der Waals surface area contributed by atoms with Gasteiger partial charge >= 0.3 is 0 Å². The molecular formula is C20H27N3O2. The highest BCUT2D eigenvalue weighted by Gasteiger charge is 2.25. The number of carbonyl (C=O) groups is 1. The molecule has 1 aromatic heterocycles. The lowest BCUT2D eigenvalue weighted by atomic mass is 10.0. The van der Waals surface area contributed by atoms with Crippen LogP contribution in [-0.2, 0) is 6.42 Å². The fourth-order valence-corrected chi connectivity index (χ4v) is 3.62. The number of para-hydroxylation sites is 1. The van der Waals surface area contributed by atoms with Crippen LogP contribution in [0.15, 0.2) is 30.5 Å². The summed E-state index contributed by atoms with van der Waals surface area (Å²) in [6.45, 7) is 5.80. The molecule has 25 heavy (non-hydrogen) atoms. The Morgan fingerprint density at radius 1 is 1.28 bits per heavy atom. The van der Waals surface area contributed by atoms with E-state index in [2.05, 4.69) is 25.0 Å². The number of nitrogens with zero attached hydrogens (tertiary/aromatic N) is 3. The third-order valence-corrected chi connectivity index (χ3v) is 5.17. The number of aromatic nitrogens is 2. The predicted molar refractivity (Wildman–Crippen MR) is 98.0 cm³/mol. The first-order valence-corrected chi connectivity index (χ1v) is 9.18. The fourth-order valence-electron chi connectivity index (χ4n) is 3.62. The molecule has 0 radical (unpaired) electrons. The van der Waals surface area contributed by atoms with Crippen molar-refractivity contribution in [3.63, 3.8) is 0 Å². The quantitative estimate of drug-likeness (QED) is 0.930. The number of aliphatic hydroxyl groups is 1. The van der Waals surface area contributed by atoms with Crippen LogP contribution in [0.5, 0.6) is 0 Å². The molecule has 134 valence electrons. The summed E-state index contributed by atoms with van der Waals surface area (Å²) < 4.78 is 1.90.